The Labute approximate surface area is 177 Å². The van der Waals surface area contributed by atoms with E-state index < -0.39 is 5.54 Å². The van der Waals surface area contributed by atoms with Crippen LogP contribution in [-0.4, -0.2) is 62.6 Å². The van der Waals surface area contributed by atoms with Gasteiger partial charge in [-0.3, -0.25) is 15.1 Å². The molecule has 1 amide bonds. The lowest BCUT2D eigenvalue weighted by Gasteiger charge is -2.30. The SMILES string of the molecule is COCCN=C1Nc2ccccc2CNC12CCN(C(=O)c1cccc(OC)c1)C2. The largest absolute Gasteiger partial charge is 0.497 e. The van der Waals surface area contributed by atoms with Crippen LogP contribution in [0, 0.1) is 0 Å². The number of aliphatic imine (C=N–C) groups is 1. The molecule has 0 bridgehead atoms. The summed E-state index contributed by atoms with van der Waals surface area (Å²) in [6.45, 7) is 3.04. The van der Waals surface area contributed by atoms with Gasteiger partial charge in [-0.15, -0.1) is 0 Å². The molecule has 0 radical (unpaired) electrons. The molecule has 1 saturated heterocycles. The van der Waals surface area contributed by atoms with Crippen LogP contribution in [-0.2, 0) is 11.3 Å². The van der Waals surface area contributed by atoms with E-state index in [0.717, 1.165) is 17.9 Å². The summed E-state index contributed by atoms with van der Waals surface area (Å²) >= 11 is 0. The van der Waals surface area contributed by atoms with Crippen molar-refractivity contribution in [2.24, 2.45) is 4.99 Å². The van der Waals surface area contributed by atoms with Gasteiger partial charge in [-0.25, -0.2) is 0 Å². The van der Waals surface area contributed by atoms with Crippen molar-refractivity contribution in [2.75, 3.05) is 45.8 Å². The minimum absolute atomic E-state index is 0.00516. The number of amidine groups is 1. The summed E-state index contributed by atoms with van der Waals surface area (Å²) in [7, 11) is 3.28. The number of benzene rings is 2. The second kappa shape index (κ2) is 8.85. The molecule has 0 aromatic heterocycles. The second-order valence-corrected chi connectivity index (χ2v) is 7.65. The van der Waals surface area contributed by atoms with Gasteiger partial charge in [-0.1, -0.05) is 24.3 Å². The number of amides is 1. The van der Waals surface area contributed by atoms with Crippen LogP contribution < -0.4 is 15.4 Å². The highest BCUT2D eigenvalue weighted by atomic mass is 16.5. The van der Waals surface area contributed by atoms with Crippen molar-refractivity contribution in [2.45, 2.75) is 18.5 Å². The van der Waals surface area contributed by atoms with E-state index in [2.05, 4.69) is 22.8 Å². The summed E-state index contributed by atoms with van der Waals surface area (Å²) in [5, 5.41) is 7.24. The molecule has 158 valence electrons. The molecule has 1 atom stereocenters. The van der Waals surface area contributed by atoms with E-state index in [9.17, 15) is 4.79 Å². The third kappa shape index (κ3) is 4.04. The molecule has 2 N–H and O–H groups in total. The minimum atomic E-state index is -0.415. The van der Waals surface area contributed by atoms with E-state index in [1.54, 1.807) is 20.3 Å². The first kappa shape index (κ1) is 20.4. The number of carbonyl (C=O) groups excluding carboxylic acids is 1. The van der Waals surface area contributed by atoms with Crippen LogP contribution in [0.2, 0.25) is 0 Å². The molecule has 2 aliphatic heterocycles. The molecule has 1 unspecified atom stereocenters. The maximum atomic E-state index is 13.2. The average Bonchev–Trinajstić information content (AvgIpc) is 3.16. The Morgan fingerprint density at radius 3 is 2.90 bits per heavy atom. The van der Waals surface area contributed by atoms with Gasteiger partial charge in [-0.2, -0.15) is 0 Å². The predicted octanol–water partition coefficient (Wildman–Crippen LogP) is 2.54. The molecule has 4 rings (SSSR count). The Morgan fingerprint density at radius 1 is 1.20 bits per heavy atom. The third-order valence-electron chi connectivity index (χ3n) is 5.78. The van der Waals surface area contributed by atoms with E-state index in [4.69, 9.17) is 14.5 Å². The molecule has 2 aromatic rings. The van der Waals surface area contributed by atoms with Crippen molar-refractivity contribution in [1.29, 1.82) is 0 Å². The molecule has 7 nitrogen and oxygen atoms in total. The lowest BCUT2D eigenvalue weighted by atomic mass is 9.96. The fraction of sp³-hybridized carbons (Fsp3) is 0.391. The first-order chi connectivity index (χ1) is 14.6. The summed E-state index contributed by atoms with van der Waals surface area (Å²) in [4.78, 5) is 19.9. The zero-order valence-electron chi connectivity index (χ0n) is 17.5. The molecule has 2 heterocycles. The fourth-order valence-corrected chi connectivity index (χ4v) is 4.09. The number of nitrogens with zero attached hydrogens (tertiary/aromatic N) is 2. The van der Waals surface area contributed by atoms with Crippen molar-refractivity contribution in [3.05, 3.63) is 59.7 Å². The van der Waals surface area contributed by atoms with Crippen molar-refractivity contribution in [3.63, 3.8) is 0 Å². The van der Waals surface area contributed by atoms with Gasteiger partial charge in [0.05, 0.1) is 25.8 Å². The quantitative estimate of drug-likeness (QED) is 0.744. The second-order valence-electron chi connectivity index (χ2n) is 7.65. The van der Waals surface area contributed by atoms with E-state index >= 15 is 0 Å². The van der Waals surface area contributed by atoms with Crippen molar-refractivity contribution in [3.8, 4) is 5.75 Å². The van der Waals surface area contributed by atoms with E-state index in [0.29, 0.717) is 44.1 Å². The number of rotatable bonds is 5. The Balaban J connectivity index is 1.59. The number of hydrogen-bond acceptors (Lipinski definition) is 5. The Kier molecular flexibility index (Phi) is 6.01. The zero-order valence-corrected chi connectivity index (χ0v) is 17.5. The van der Waals surface area contributed by atoms with Gasteiger partial charge < -0.3 is 19.7 Å². The molecule has 0 aliphatic carbocycles. The Morgan fingerprint density at radius 2 is 2.07 bits per heavy atom. The first-order valence-corrected chi connectivity index (χ1v) is 10.2. The lowest BCUT2D eigenvalue weighted by molar-refractivity contribution is 0.0785. The van der Waals surface area contributed by atoms with Crippen LogP contribution in [0.3, 0.4) is 0 Å². The number of fused-ring (bicyclic) bond motifs is 1. The summed E-state index contributed by atoms with van der Waals surface area (Å²) < 4.78 is 10.5. The van der Waals surface area contributed by atoms with Crippen LogP contribution in [0.25, 0.3) is 0 Å². The van der Waals surface area contributed by atoms with Crippen molar-refractivity contribution >= 4 is 17.4 Å². The summed E-state index contributed by atoms with van der Waals surface area (Å²) in [6.07, 6.45) is 0.787. The monoisotopic (exact) mass is 408 g/mol. The molecule has 30 heavy (non-hydrogen) atoms. The smallest absolute Gasteiger partial charge is 0.254 e. The average molecular weight is 409 g/mol. The third-order valence-corrected chi connectivity index (χ3v) is 5.78. The summed E-state index contributed by atoms with van der Waals surface area (Å²) in [5.74, 6) is 1.55. The number of carbonyl (C=O) groups is 1. The van der Waals surface area contributed by atoms with Crippen molar-refractivity contribution < 1.29 is 14.3 Å². The highest BCUT2D eigenvalue weighted by Gasteiger charge is 2.45. The molecule has 1 spiro atoms. The number of likely N-dealkylation sites (tertiary alicyclic amines) is 1. The topological polar surface area (TPSA) is 75.2 Å². The van der Waals surface area contributed by atoms with Gasteiger partial charge in [0.25, 0.3) is 5.91 Å². The maximum absolute atomic E-state index is 13.2. The maximum Gasteiger partial charge on any atom is 0.254 e. The Bertz CT molecular complexity index is 946. The zero-order chi connectivity index (χ0) is 21.0. The molecular formula is C23H28N4O3. The molecule has 2 aliphatic rings. The van der Waals surface area contributed by atoms with Gasteiger partial charge in [0, 0.05) is 38.0 Å². The number of hydrogen-bond donors (Lipinski definition) is 2. The van der Waals surface area contributed by atoms with Gasteiger partial charge in [0.15, 0.2) is 0 Å². The van der Waals surface area contributed by atoms with Crippen molar-refractivity contribution in [1.82, 2.24) is 10.2 Å². The number of nitrogens with one attached hydrogen (secondary N) is 2. The van der Waals surface area contributed by atoms with Gasteiger partial charge in [0.1, 0.15) is 11.6 Å². The van der Waals surface area contributed by atoms with Crippen LogP contribution in [0.1, 0.15) is 22.3 Å². The molecular weight excluding hydrogens is 380 g/mol. The number of anilines is 1. The van der Waals surface area contributed by atoms with E-state index in [1.165, 1.54) is 5.56 Å². The normalized spacial score (nSPS) is 21.9. The summed E-state index contributed by atoms with van der Waals surface area (Å²) in [5.41, 5.74) is 2.46. The van der Waals surface area contributed by atoms with Gasteiger partial charge in [-0.05, 0) is 36.2 Å². The van der Waals surface area contributed by atoms with Crippen LogP contribution in [0.5, 0.6) is 5.75 Å². The Hall–Kier alpha value is -2.90. The first-order valence-electron chi connectivity index (χ1n) is 10.2. The molecule has 1 fully saturated rings. The molecule has 2 aromatic carbocycles. The number of para-hydroxylation sites is 1. The van der Waals surface area contributed by atoms with Crippen LogP contribution in [0.15, 0.2) is 53.5 Å². The van der Waals surface area contributed by atoms with Crippen LogP contribution >= 0.6 is 0 Å². The van der Waals surface area contributed by atoms with Gasteiger partial charge in [0.2, 0.25) is 0 Å². The predicted molar refractivity (Wildman–Crippen MR) is 117 cm³/mol. The van der Waals surface area contributed by atoms with Gasteiger partial charge >= 0.3 is 0 Å². The van der Waals surface area contributed by atoms with Crippen LogP contribution in [0.4, 0.5) is 5.69 Å². The standard InChI is InChI=1S/C23H28N4O3/c1-29-13-11-24-22-23(25-15-18-6-3-4-9-20(18)26-22)10-12-27(16-23)21(28)17-7-5-8-19(14-17)30-2/h3-9,14,25H,10-13,15-16H2,1-2H3,(H,24,26). The molecule has 7 heteroatoms. The highest BCUT2D eigenvalue weighted by Crippen LogP contribution is 2.30. The fourth-order valence-electron chi connectivity index (χ4n) is 4.09. The number of ether oxygens (including phenoxy) is 2. The number of methoxy groups -OCH3 is 2. The highest BCUT2D eigenvalue weighted by molar-refractivity contribution is 6.05. The van der Waals surface area contributed by atoms with E-state index in [-0.39, 0.29) is 5.91 Å². The summed E-state index contributed by atoms with van der Waals surface area (Å²) in [6, 6.07) is 15.5. The van der Waals surface area contributed by atoms with E-state index in [1.807, 2.05) is 35.2 Å². The minimum Gasteiger partial charge on any atom is -0.497 e. The molecule has 0 saturated carbocycles. The lowest BCUT2D eigenvalue weighted by Crippen LogP contribution is -2.55.